The number of ether oxygens (including phenoxy) is 2. The second-order valence-corrected chi connectivity index (χ2v) is 11.0. The van der Waals surface area contributed by atoms with Crippen molar-refractivity contribution < 1.29 is 23.9 Å². The van der Waals surface area contributed by atoms with Crippen LogP contribution in [0.1, 0.15) is 18.1 Å². The summed E-state index contributed by atoms with van der Waals surface area (Å²) in [6.07, 6.45) is 1.65. The topological polar surface area (TPSA) is 72.9 Å². The monoisotopic (exact) mass is 775 g/mol. The predicted octanol–water partition coefficient (Wildman–Crippen LogP) is 5.68. The lowest BCUT2D eigenvalue weighted by Gasteiger charge is -2.18. The van der Waals surface area contributed by atoms with Gasteiger partial charge in [0.25, 0.3) is 11.1 Å². The molecule has 1 aliphatic rings. The van der Waals surface area contributed by atoms with Gasteiger partial charge in [0.15, 0.2) is 0 Å². The molecule has 1 fully saturated rings. The van der Waals surface area contributed by atoms with E-state index in [2.05, 4.69) is 72.5 Å². The standard InChI is InChI=1S/C21H16I3NO5S/c1-11(20(27)29-2)25-19(26)17(31-21(25)28)9-13-7-15(23)18(16(24)8-13)30-10-12-3-5-14(22)6-4-12/h3-9,11H,10H2,1-2H3/b17-9+/t11-/m1/s1. The highest BCUT2D eigenvalue weighted by molar-refractivity contribution is 14.1. The zero-order valence-electron chi connectivity index (χ0n) is 16.4. The molecule has 0 N–H and O–H groups in total. The van der Waals surface area contributed by atoms with Crippen LogP contribution in [0.4, 0.5) is 4.79 Å². The summed E-state index contributed by atoms with van der Waals surface area (Å²) in [6.45, 7) is 1.92. The molecule has 1 saturated heterocycles. The molecule has 0 radical (unpaired) electrons. The van der Waals surface area contributed by atoms with Crippen LogP contribution in [0, 0.1) is 10.7 Å². The molecule has 1 aliphatic heterocycles. The van der Waals surface area contributed by atoms with Gasteiger partial charge in [-0.25, -0.2) is 4.79 Å². The molecule has 0 aliphatic carbocycles. The first-order chi connectivity index (χ1) is 14.7. The van der Waals surface area contributed by atoms with Gasteiger partial charge in [-0.1, -0.05) is 12.1 Å². The quantitative estimate of drug-likeness (QED) is 0.214. The van der Waals surface area contributed by atoms with E-state index in [0.717, 1.165) is 40.7 Å². The summed E-state index contributed by atoms with van der Waals surface area (Å²) in [7, 11) is 1.22. The van der Waals surface area contributed by atoms with E-state index in [1.54, 1.807) is 6.08 Å². The maximum absolute atomic E-state index is 12.7. The molecule has 6 nitrogen and oxygen atoms in total. The molecule has 2 aromatic carbocycles. The third-order valence-corrected chi connectivity index (χ3v) is 7.57. The van der Waals surface area contributed by atoms with Crippen molar-refractivity contribution in [2.45, 2.75) is 19.6 Å². The Morgan fingerprint density at radius 1 is 1.13 bits per heavy atom. The van der Waals surface area contributed by atoms with Crippen LogP contribution in [-0.4, -0.2) is 35.2 Å². The zero-order chi connectivity index (χ0) is 22.7. The average Bonchev–Trinajstić information content (AvgIpc) is 3.00. The molecule has 1 heterocycles. The summed E-state index contributed by atoms with van der Waals surface area (Å²) >= 11 is 7.46. The Labute approximate surface area is 224 Å². The number of halogens is 3. The number of imide groups is 1. The molecule has 0 aromatic heterocycles. The van der Waals surface area contributed by atoms with E-state index >= 15 is 0 Å². The Balaban J connectivity index is 1.78. The number of carbonyl (C=O) groups is 3. The fourth-order valence-corrected chi connectivity index (χ4v) is 6.17. The van der Waals surface area contributed by atoms with Gasteiger partial charge in [0.1, 0.15) is 18.4 Å². The van der Waals surface area contributed by atoms with E-state index in [1.807, 2.05) is 36.4 Å². The summed E-state index contributed by atoms with van der Waals surface area (Å²) in [5.41, 5.74) is 1.84. The number of thioether (sulfide) groups is 1. The first-order valence-corrected chi connectivity index (χ1v) is 13.0. The van der Waals surface area contributed by atoms with Crippen LogP contribution in [0.15, 0.2) is 41.3 Å². The SMILES string of the molecule is COC(=O)[C@@H](C)N1C(=O)S/C(=C/c2cc(I)c(OCc3ccc(I)cc3)c(I)c2)C1=O. The Hall–Kier alpha value is -0.870. The lowest BCUT2D eigenvalue weighted by Crippen LogP contribution is -2.42. The number of hydrogen-bond acceptors (Lipinski definition) is 6. The number of benzene rings is 2. The number of carbonyl (C=O) groups excluding carboxylic acids is 3. The number of hydrogen-bond donors (Lipinski definition) is 0. The highest BCUT2D eigenvalue weighted by atomic mass is 127. The second-order valence-electron chi connectivity index (χ2n) is 6.48. The van der Waals surface area contributed by atoms with Crippen LogP contribution in [-0.2, 0) is 20.9 Å². The normalized spacial score (nSPS) is 16.0. The van der Waals surface area contributed by atoms with Crippen molar-refractivity contribution in [3.63, 3.8) is 0 Å². The molecule has 0 spiro atoms. The molecule has 2 aromatic rings. The highest BCUT2D eigenvalue weighted by Gasteiger charge is 2.41. The maximum atomic E-state index is 12.7. The number of nitrogens with zero attached hydrogens (tertiary/aromatic N) is 1. The Bertz CT molecular complexity index is 1050. The van der Waals surface area contributed by atoms with Gasteiger partial charge in [0, 0.05) is 3.57 Å². The fraction of sp³-hybridized carbons (Fsp3) is 0.190. The molecular formula is C21H16I3NO5S. The fourth-order valence-electron chi connectivity index (χ4n) is 2.78. The number of rotatable bonds is 6. The number of amides is 2. The summed E-state index contributed by atoms with van der Waals surface area (Å²) < 4.78 is 13.6. The van der Waals surface area contributed by atoms with Gasteiger partial charge in [-0.2, -0.15) is 0 Å². The highest BCUT2D eigenvalue weighted by Crippen LogP contribution is 2.36. The third-order valence-electron chi connectivity index (χ3n) is 4.37. The summed E-state index contributed by atoms with van der Waals surface area (Å²) in [5.74, 6) is -0.372. The van der Waals surface area contributed by atoms with Gasteiger partial charge in [0.2, 0.25) is 0 Å². The van der Waals surface area contributed by atoms with E-state index in [1.165, 1.54) is 17.6 Å². The minimum absolute atomic E-state index is 0.264. The first-order valence-electron chi connectivity index (χ1n) is 8.92. The lowest BCUT2D eigenvalue weighted by atomic mass is 10.2. The summed E-state index contributed by atoms with van der Waals surface area (Å²) in [6, 6.07) is 10.9. The molecule has 0 saturated carbocycles. The van der Waals surface area contributed by atoms with Gasteiger partial charge in [-0.15, -0.1) is 0 Å². The van der Waals surface area contributed by atoms with Gasteiger partial charge in [-0.3, -0.25) is 14.5 Å². The van der Waals surface area contributed by atoms with Crippen molar-refractivity contribution >= 4 is 103 Å². The van der Waals surface area contributed by atoms with E-state index in [9.17, 15) is 14.4 Å². The Kier molecular flexibility index (Phi) is 8.65. The van der Waals surface area contributed by atoms with Crippen molar-refractivity contribution in [3.05, 3.63) is 63.1 Å². The van der Waals surface area contributed by atoms with Gasteiger partial charge in [-0.05, 0) is 128 Å². The van der Waals surface area contributed by atoms with E-state index in [-0.39, 0.29) is 4.91 Å². The number of esters is 1. The summed E-state index contributed by atoms with van der Waals surface area (Å²) in [4.78, 5) is 37.9. The van der Waals surface area contributed by atoms with E-state index in [4.69, 9.17) is 4.74 Å². The molecule has 162 valence electrons. The van der Waals surface area contributed by atoms with Crippen LogP contribution in [0.25, 0.3) is 6.08 Å². The third kappa shape index (κ3) is 5.93. The van der Waals surface area contributed by atoms with Crippen LogP contribution in [0.5, 0.6) is 5.75 Å². The maximum Gasteiger partial charge on any atom is 0.328 e. The first kappa shape index (κ1) is 24.8. The van der Waals surface area contributed by atoms with Crippen LogP contribution in [0.2, 0.25) is 0 Å². The van der Waals surface area contributed by atoms with Gasteiger partial charge < -0.3 is 9.47 Å². The Morgan fingerprint density at radius 2 is 1.74 bits per heavy atom. The van der Waals surface area contributed by atoms with Crippen molar-refractivity contribution in [1.82, 2.24) is 4.90 Å². The number of methoxy groups -OCH3 is 1. The van der Waals surface area contributed by atoms with Crippen LogP contribution >= 0.6 is 79.5 Å². The molecular weight excluding hydrogens is 759 g/mol. The van der Waals surface area contributed by atoms with Crippen molar-refractivity contribution in [3.8, 4) is 5.75 Å². The molecule has 10 heteroatoms. The predicted molar refractivity (Wildman–Crippen MR) is 145 cm³/mol. The summed E-state index contributed by atoms with van der Waals surface area (Å²) in [5, 5.41) is -0.490. The van der Waals surface area contributed by atoms with Crippen LogP contribution in [0.3, 0.4) is 0 Å². The van der Waals surface area contributed by atoms with Crippen molar-refractivity contribution in [1.29, 1.82) is 0 Å². The van der Waals surface area contributed by atoms with Crippen molar-refractivity contribution in [2.75, 3.05) is 7.11 Å². The smallest absolute Gasteiger partial charge is 0.328 e. The molecule has 31 heavy (non-hydrogen) atoms. The average molecular weight is 775 g/mol. The van der Waals surface area contributed by atoms with Gasteiger partial charge >= 0.3 is 5.97 Å². The minimum Gasteiger partial charge on any atom is -0.487 e. The minimum atomic E-state index is -0.972. The largest absolute Gasteiger partial charge is 0.487 e. The molecule has 1 atom stereocenters. The van der Waals surface area contributed by atoms with Crippen LogP contribution < -0.4 is 4.74 Å². The Morgan fingerprint density at radius 3 is 2.32 bits per heavy atom. The van der Waals surface area contributed by atoms with Crippen molar-refractivity contribution in [2.24, 2.45) is 0 Å². The van der Waals surface area contributed by atoms with Gasteiger partial charge in [0.05, 0.1) is 19.2 Å². The lowest BCUT2D eigenvalue weighted by molar-refractivity contribution is -0.148. The molecule has 3 rings (SSSR count). The molecule has 0 bridgehead atoms. The second kappa shape index (κ2) is 10.8. The molecule has 0 unspecified atom stereocenters. The van der Waals surface area contributed by atoms with E-state index in [0.29, 0.717) is 6.61 Å². The zero-order valence-corrected chi connectivity index (χ0v) is 23.6. The van der Waals surface area contributed by atoms with E-state index < -0.39 is 23.2 Å². The molecule has 2 amide bonds.